The third kappa shape index (κ3) is 1.94. The molecule has 1 fully saturated rings. The van der Waals surface area contributed by atoms with Gasteiger partial charge in [-0.25, -0.2) is 0 Å². The molecule has 0 bridgehead atoms. The summed E-state index contributed by atoms with van der Waals surface area (Å²) in [5, 5.41) is 28.1. The van der Waals surface area contributed by atoms with Crippen LogP contribution in [-0.2, 0) is 33.2 Å². The summed E-state index contributed by atoms with van der Waals surface area (Å²) >= 11 is 0. The van der Waals surface area contributed by atoms with Crippen LogP contribution >= 0.6 is 0 Å². The average molecular weight is 675 g/mol. The number of hydrogen-bond acceptors (Lipinski definition) is 2. The van der Waals surface area contributed by atoms with Gasteiger partial charge in [0.1, 0.15) is 0 Å². The molecule has 1 saturated carbocycles. The predicted octanol–water partition coefficient (Wildman–Crippen LogP) is 10.8. The number of ether oxygens (including phenoxy) is 1. The fourth-order valence-corrected chi connectivity index (χ4v) is 17.0. The van der Waals surface area contributed by atoms with Crippen LogP contribution < -0.4 is 5.22 Å². The summed E-state index contributed by atoms with van der Waals surface area (Å²) in [7, 11) is 1.55. The number of carbonyl (C=O) groups excluding carboxylic acids is 1. The molecule has 0 amide bonds. The molecule has 8 aliphatic carbocycles. The van der Waals surface area contributed by atoms with Gasteiger partial charge in [0.2, 0.25) is 0 Å². The van der Waals surface area contributed by atoms with Crippen molar-refractivity contribution in [3.8, 4) is 0 Å². The van der Waals surface area contributed by atoms with Crippen molar-refractivity contribution in [2.24, 2.45) is 0 Å². The topological polar surface area (TPSA) is 26.3 Å². The van der Waals surface area contributed by atoms with Gasteiger partial charge in [-0.2, -0.15) is 0 Å². The van der Waals surface area contributed by atoms with Gasteiger partial charge in [0.05, 0.1) is 7.11 Å². The number of benzene rings is 7. The Labute approximate surface area is 302 Å². The number of carbonyl (C=O) groups is 1. The highest BCUT2D eigenvalue weighted by Crippen LogP contribution is 2.87. The van der Waals surface area contributed by atoms with Crippen LogP contribution in [-0.4, -0.2) is 13.1 Å². The zero-order valence-corrected chi connectivity index (χ0v) is 29.3. The number of allylic oxidation sites excluding steroid dienone is 2. The molecule has 0 saturated heterocycles. The third-order valence-electron chi connectivity index (χ3n) is 17.8. The second kappa shape index (κ2) is 6.84. The standard InChI is InChI=1S/C51H30O2/c1-53-27(52)8-5-9-50(25-6-3-2-4-7-25)49-26-16-23-14-20-12-21-11-18-10-19-13-22-15-24-17-51(49,50)48-34(24)39-33(22)38-29(19)28(18)36-32(21)37-30(20)31(23)40-35(26)47(48)46-44(39)42(38)41(36)43(37)45(40)46/h2-4,6-7,12,15-16,19,24,49H,5,8-11,13-14,17H2,1H3. The van der Waals surface area contributed by atoms with Gasteiger partial charge in [0, 0.05) is 29.1 Å². The molecule has 0 radical (unpaired) electrons. The highest BCUT2D eigenvalue weighted by molar-refractivity contribution is 6.60. The minimum absolute atomic E-state index is 0.0293. The minimum Gasteiger partial charge on any atom is -0.469 e. The molecular formula is C51H30O2. The molecular weight excluding hydrogens is 645 g/mol. The first-order chi connectivity index (χ1) is 26.2. The van der Waals surface area contributed by atoms with Crippen molar-refractivity contribution < 1.29 is 9.53 Å². The van der Waals surface area contributed by atoms with E-state index >= 15 is 0 Å². The van der Waals surface area contributed by atoms with Gasteiger partial charge >= 0.3 is 5.97 Å². The smallest absolute Gasteiger partial charge is 0.305 e. The molecule has 0 aliphatic heterocycles. The van der Waals surface area contributed by atoms with E-state index in [4.69, 9.17) is 4.74 Å². The van der Waals surface area contributed by atoms with Crippen LogP contribution in [0.5, 0.6) is 0 Å². The van der Waals surface area contributed by atoms with Gasteiger partial charge in [-0.05, 0) is 198 Å². The first-order valence-corrected chi connectivity index (χ1v) is 20.4. The third-order valence-corrected chi connectivity index (χ3v) is 17.8. The Balaban J connectivity index is 1.15. The van der Waals surface area contributed by atoms with E-state index in [1.165, 1.54) is 24.8 Å². The van der Waals surface area contributed by atoms with E-state index in [0.29, 0.717) is 24.2 Å². The summed E-state index contributed by atoms with van der Waals surface area (Å²) in [5.74, 6) is 1.42. The van der Waals surface area contributed by atoms with Crippen molar-refractivity contribution >= 4 is 103 Å². The van der Waals surface area contributed by atoms with Gasteiger partial charge < -0.3 is 4.74 Å². The first kappa shape index (κ1) is 24.9. The molecule has 2 nitrogen and oxygen atoms in total. The maximum absolute atomic E-state index is 12.7. The summed E-state index contributed by atoms with van der Waals surface area (Å²) in [6, 6.07) is 17.1. The Bertz CT molecular complexity index is 3690. The fraction of sp³-hybridized carbons (Fsp3) is 0.275. The molecule has 10 aromatic carbocycles. The van der Waals surface area contributed by atoms with E-state index in [9.17, 15) is 4.79 Å². The van der Waals surface area contributed by atoms with Crippen molar-refractivity contribution in [2.75, 3.05) is 7.11 Å². The van der Waals surface area contributed by atoms with Crippen LogP contribution in [0.15, 0.2) is 48.5 Å². The summed E-state index contributed by atoms with van der Waals surface area (Å²) < 4.78 is 5.24. The van der Waals surface area contributed by atoms with Crippen molar-refractivity contribution in [1.82, 2.24) is 0 Å². The Morgan fingerprint density at radius 2 is 1.43 bits per heavy atom. The lowest BCUT2D eigenvalue weighted by Gasteiger charge is -2.28. The zero-order valence-electron chi connectivity index (χ0n) is 29.3. The summed E-state index contributed by atoms with van der Waals surface area (Å²) in [6.07, 6.45) is 11.1. The predicted molar refractivity (Wildman–Crippen MR) is 213 cm³/mol. The molecule has 5 unspecified atom stereocenters. The van der Waals surface area contributed by atoms with E-state index < -0.39 is 0 Å². The largest absolute Gasteiger partial charge is 0.469 e. The lowest BCUT2D eigenvalue weighted by Crippen LogP contribution is -2.21. The van der Waals surface area contributed by atoms with Crippen LogP contribution in [0.1, 0.15) is 106 Å². The second-order valence-corrected chi connectivity index (χ2v) is 19.0. The highest BCUT2D eigenvalue weighted by atomic mass is 16.5. The van der Waals surface area contributed by atoms with Crippen LogP contribution in [0.2, 0.25) is 0 Å². The van der Waals surface area contributed by atoms with Crippen molar-refractivity contribution in [1.29, 1.82) is 0 Å². The van der Waals surface area contributed by atoms with Crippen molar-refractivity contribution in [2.45, 2.75) is 80.0 Å². The van der Waals surface area contributed by atoms with Gasteiger partial charge in [-0.15, -0.1) is 0 Å². The molecule has 8 aliphatic rings. The molecule has 1 spiro atoms. The van der Waals surface area contributed by atoms with Crippen molar-refractivity contribution in [3.63, 3.8) is 0 Å². The van der Waals surface area contributed by atoms with Crippen LogP contribution in [0, 0.1) is 0 Å². The van der Waals surface area contributed by atoms with E-state index in [2.05, 4.69) is 48.5 Å². The lowest BCUT2D eigenvalue weighted by molar-refractivity contribution is -0.140. The average Bonchev–Trinajstić information content (AvgIpc) is 3.86. The normalized spacial score (nSPS) is 28.4. The van der Waals surface area contributed by atoms with E-state index in [-0.39, 0.29) is 16.8 Å². The monoisotopic (exact) mass is 674 g/mol. The van der Waals surface area contributed by atoms with E-state index in [0.717, 1.165) is 25.7 Å². The van der Waals surface area contributed by atoms with Gasteiger partial charge in [0.25, 0.3) is 0 Å². The molecule has 0 heterocycles. The van der Waals surface area contributed by atoms with Crippen LogP contribution in [0.25, 0.3) is 97.3 Å². The number of esters is 1. The molecule has 0 N–H and O–H groups in total. The van der Waals surface area contributed by atoms with Gasteiger partial charge in [0.15, 0.2) is 0 Å². The zero-order chi connectivity index (χ0) is 33.5. The summed E-state index contributed by atoms with van der Waals surface area (Å²) in [6.45, 7) is 0. The maximum atomic E-state index is 12.7. The Morgan fingerprint density at radius 3 is 2.28 bits per heavy atom. The summed E-state index contributed by atoms with van der Waals surface area (Å²) in [4.78, 5) is 12.7. The maximum Gasteiger partial charge on any atom is 0.305 e. The molecule has 10 aromatic rings. The number of fused-ring (bicyclic) bond motifs is 1. The number of methoxy groups -OCH3 is 1. The minimum atomic E-state index is -0.0779. The first-order valence-electron chi connectivity index (χ1n) is 20.4. The second-order valence-electron chi connectivity index (χ2n) is 19.0. The molecule has 53 heavy (non-hydrogen) atoms. The number of rotatable bonds is 5. The quantitative estimate of drug-likeness (QED) is 0.134. The van der Waals surface area contributed by atoms with Crippen LogP contribution in [0.4, 0.5) is 0 Å². The molecule has 5 atom stereocenters. The highest BCUT2D eigenvalue weighted by Gasteiger charge is 2.81. The van der Waals surface area contributed by atoms with E-state index in [1.54, 1.807) is 154 Å². The Kier molecular flexibility index (Phi) is 3.22. The van der Waals surface area contributed by atoms with E-state index in [1.807, 2.05) is 0 Å². The fourth-order valence-electron chi connectivity index (χ4n) is 17.0. The SMILES string of the molecule is COC(=O)CCCC1(c2ccccc2)C2c3cc4c5c6c(cc7c8c9c%10c%11c%12c%13c%14c%15c(c%16c3c5c3c%16c%14c%12c9c3c68)C21CC%15C=C%13CC%11CC=%10C7)C4. The number of hydrogen-bond donors (Lipinski definition) is 0. The Morgan fingerprint density at radius 1 is 0.736 bits per heavy atom. The lowest BCUT2D eigenvalue weighted by atomic mass is 9.75. The summed E-state index contributed by atoms with van der Waals surface area (Å²) in [5.41, 5.74) is 18.2. The van der Waals surface area contributed by atoms with Crippen LogP contribution in [0.3, 0.4) is 0 Å². The molecule has 0 aromatic heterocycles. The molecule has 2 heteroatoms. The Hall–Kier alpha value is -5.21. The molecule has 18 rings (SSSR count). The van der Waals surface area contributed by atoms with Crippen molar-refractivity contribution in [3.05, 3.63) is 104 Å². The van der Waals surface area contributed by atoms with Gasteiger partial charge in [-0.3, -0.25) is 4.79 Å². The molecule has 246 valence electrons. The van der Waals surface area contributed by atoms with Gasteiger partial charge in [-0.1, -0.05) is 54.1 Å².